The molecule has 7 nitrogen and oxygen atoms in total. The molecule has 0 saturated heterocycles. The van der Waals surface area contributed by atoms with Crippen molar-refractivity contribution in [1.29, 1.82) is 0 Å². The standard InChI is InChI=1S/C15H22N2O2.C3H6O.C3H8.CH2O2/c1-16(2)8-7-12-10-17(11-18-3)15-9-13(19-4)5-6-14(12)15;1-2-3-4;1-3-2;2-1-3/h5-6,9-10H,7-8,11H2,1-4H3;3H,2H2,1H3;3H2,1-2H3;1H,(H,2,3). The summed E-state index contributed by atoms with van der Waals surface area (Å²) in [5.74, 6) is 0.877. The highest BCUT2D eigenvalue weighted by Crippen LogP contribution is 2.26. The highest BCUT2D eigenvalue weighted by atomic mass is 16.5. The van der Waals surface area contributed by atoms with E-state index in [2.05, 4.69) is 55.7 Å². The van der Waals surface area contributed by atoms with E-state index in [1.54, 1.807) is 14.2 Å². The predicted octanol–water partition coefficient (Wildman–Crippen LogP) is 4.07. The van der Waals surface area contributed by atoms with Gasteiger partial charge in [-0.2, -0.15) is 0 Å². The van der Waals surface area contributed by atoms with E-state index in [0.29, 0.717) is 13.2 Å². The van der Waals surface area contributed by atoms with Crippen molar-refractivity contribution in [2.45, 2.75) is 46.8 Å². The molecule has 0 radical (unpaired) electrons. The van der Waals surface area contributed by atoms with Gasteiger partial charge < -0.3 is 28.8 Å². The minimum atomic E-state index is -0.250. The number of likely N-dealkylation sites (N-methyl/N-ethyl adjacent to an activating group) is 1. The molecule has 0 fully saturated rings. The molecule has 2 aromatic rings. The lowest BCUT2D eigenvalue weighted by Crippen LogP contribution is -2.14. The van der Waals surface area contributed by atoms with E-state index in [1.165, 1.54) is 17.4 Å². The summed E-state index contributed by atoms with van der Waals surface area (Å²) in [6, 6.07) is 6.21. The van der Waals surface area contributed by atoms with Crippen molar-refractivity contribution < 1.29 is 24.2 Å². The van der Waals surface area contributed by atoms with Crippen molar-refractivity contribution in [3.05, 3.63) is 30.0 Å². The van der Waals surface area contributed by atoms with Gasteiger partial charge in [0.1, 0.15) is 18.8 Å². The second-order valence-electron chi connectivity index (χ2n) is 6.37. The minimum Gasteiger partial charge on any atom is -0.497 e. The Kier molecular flexibility index (Phi) is 18.8. The molecule has 0 aliphatic carbocycles. The lowest BCUT2D eigenvalue weighted by molar-refractivity contribution is -0.122. The number of ether oxygens (including phenoxy) is 2. The van der Waals surface area contributed by atoms with Crippen LogP contribution in [0, 0.1) is 0 Å². The van der Waals surface area contributed by atoms with Crippen molar-refractivity contribution in [2.24, 2.45) is 0 Å². The summed E-state index contributed by atoms with van der Waals surface area (Å²) in [6.45, 7) is 7.41. The van der Waals surface area contributed by atoms with Crippen LogP contribution in [0.3, 0.4) is 0 Å². The molecule has 7 heteroatoms. The highest BCUT2D eigenvalue weighted by molar-refractivity contribution is 5.85. The second kappa shape index (κ2) is 19.0. The van der Waals surface area contributed by atoms with Crippen LogP contribution in [0.5, 0.6) is 5.75 Å². The first kappa shape index (κ1) is 28.8. The molecule has 0 aliphatic rings. The van der Waals surface area contributed by atoms with E-state index < -0.39 is 0 Å². The van der Waals surface area contributed by atoms with Crippen LogP contribution in [0.1, 0.15) is 39.2 Å². The Morgan fingerprint density at radius 2 is 1.69 bits per heavy atom. The summed E-state index contributed by atoms with van der Waals surface area (Å²) in [5.41, 5.74) is 2.51. The maximum absolute atomic E-state index is 9.17. The van der Waals surface area contributed by atoms with Crippen molar-refractivity contribution in [3.8, 4) is 5.75 Å². The van der Waals surface area contributed by atoms with Crippen LogP contribution in [-0.2, 0) is 27.5 Å². The van der Waals surface area contributed by atoms with Gasteiger partial charge in [0.2, 0.25) is 0 Å². The average Bonchev–Trinajstić information content (AvgIpc) is 3.05. The van der Waals surface area contributed by atoms with Crippen LogP contribution in [0.15, 0.2) is 24.4 Å². The number of carboxylic acid groups (broad SMARTS) is 1. The highest BCUT2D eigenvalue weighted by Gasteiger charge is 2.09. The first-order valence-electron chi connectivity index (χ1n) is 9.71. The molecule has 2 rings (SSSR count). The lowest BCUT2D eigenvalue weighted by Gasteiger charge is -2.08. The van der Waals surface area contributed by atoms with Crippen LogP contribution in [0.4, 0.5) is 0 Å². The molecule has 1 N–H and O–H groups in total. The van der Waals surface area contributed by atoms with Gasteiger partial charge in [-0.25, -0.2) is 0 Å². The molecule has 0 atom stereocenters. The van der Waals surface area contributed by atoms with Gasteiger partial charge in [0.15, 0.2) is 0 Å². The van der Waals surface area contributed by atoms with Gasteiger partial charge in [0, 0.05) is 37.7 Å². The number of carbonyl (C=O) groups excluding carboxylic acids is 1. The van der Waals surface area contributed by atoms with Crippen molar-refractivity contribution >= 4 is 23.7 Å². The molecule has 1 aromatic heterocycles. The first-order chi connectivity index (χ1) is 13.9. The number of aromatic nitrogens is 1. The molecular formula is C22H38N2O5. The Morgan fingerprint density at radius 1 is 1.14 bits per heavy atom. The Bertz CT molecular complexity index is 669. The van der Waals surface area contributed by atoms with Crippen LogP contribution < -0.4 is 4.74 Å². The molecule has 0 saturated carbocycles. The topological polar surface area (TPSA) is 81.0 Å². The summed E-state index contributed by atoms with van der Waals surface area (Å²) in [7, 11) is 7.60. The van der Waals surface area contributed by atoms with E-state index in [9.17, 15) is 4.79 Å². The maximum Gasteiger partial charge on any atom is 0.290 e. The Labute approximate surface area is 175 Å². The van der Waals surface area contributed by atoms with Gasteiger partial charge in [-0.05, 0) is 38.2 Å². The van der Waals surface area contributed by atoms with Gasteiger partial charge in [0.25, 0.3) is 6.47 Å². The zero-order chi connectivity index (χ0) is 22.7. The monoisotopic (exact) mass is 410 g/mol. The molecule has 166 valence electrons. The molecule has 0 amide bonds. The third kappa shape index (κ3) is 12.6. The summed E-state index contributed by atoms with van der Waals surface area (Å²) in [6.07, 6.45) is 5.98. The van der Waals surface area contributed by atoms with Gasteiger partial charge in [0.05, 0.1) is 12.6 Å². The minimum absolute atomic E-state index is 0.250. The first-order valence-corrected chi connectivity index (χ1v) is 9.71. The van der Waals surface area contributed by atoms with E-state index in [1.807, 2.05) is 13.0 Å². The number of aldehydes is 1. The largest absolute Gasteiger partial charge is 0.497 e. The SMILES string of the molecule is CCC.CCC=O.COCn1cc(CCN(C)C)c2ccc(OC)cc21.O=CO. The van der Waals surface area contributed by atoms with Crippen molar-refractivity contribution in [2.75, 3.05) is 34.9 Å². The maximum atomic E-state index is 9.17. The van der Waals surface area contributed by atoms with Gasteiger partial charge in [-0.3, -0.25) is 4.79 Å². The summed E-state index contributed by atoms with van der Waals surface area (Å²) in [4.78, 5) is 19.7. The van der Waals surface area contributed by atoms with Crippen LogP contribution in [-0.4, -0.2) is 62.2 Å². The van der Waals surface area contributed by atoms with E-state index >= 15 is 0 Å². The van der Waals surface area contributed by atoms with Gasteiger partial charge in [-0.15, -0.1) is 0 Å². The Hall–Kier alpha value is -2.38. The van der Waals surface area contributed by atoms with Crippen molar-refractivity contribution in [1.82, 2.24) is 9.47 Å². The molecule has 1 heterocycles. The zero-order valence-corrected chi connectivity index (χ0v) is 19.0. The lowest BCUT2D eigenvalue weighted by atomic mass is 10.1. The third-order valence-electron chi connectivity index (χ3n) is 3.44. The normalized spacial score (nSPS) is 9.38. The Balaban J connectivity index is 0. The fourth-order valence-corrected chi connectivity index (χ4v) is 2.26. The number of benzene rings is 1. The van der Waals surface area contributed by atoms with Gasteiger partial charge in [-0.1, -0.05) is 27.2 Å². The fraction of sp³-hybridized carbons (Fsp3) is 0.545. The summed E-state index contributed by atoms with van der Waals surface area (Å²) in [5, 5.41) is 8.17. The molecule has 0 bridgehead atoms. The number of nitrogens with zero attached hydrogens (tertiary/aromatic N) is 2. The number of methoxy groups -OCH3 is 2. The molecule has 0 unspecified atom stereocenters. The fourth-order valence-electron chi connectivity index (χ4n) is 2.26. The summed E-state index contributed by atoms with van der Waals surface area (Å²) >= 11 is 0. The zero-order valence-electron chi connectivity index (χ0n) is 19.0. The van der Waals surface area contributed by atoms with E-state index in [4.69, 9.17) is 19.4 Å². The molecule has 0 aliphatic heterocycles. The van der Waals surface area contributed by atoms with Crippen LogP contribution >= 0.6 is 0 Å². The third-order valence-corrected chi connectivity index (χ3v) is 3.44. The number of hydrogen-bond acceptors (Lipinski definition) is 5. The number of carbonyl (C=O) groups is 2. The average molecular weight is 411 g/mol. The summed E-state index contributed by atoms with van der Waals surface area (Å²) < 4.78 is 12.7. The smallest absolute Gasteiger partial charge is 0.290 e. The second-order valence-corrected chi connectivity index (χ2v) is 6.37. The number of fused-ring (bicyclic) bond motifs is 1. The van der Waals surface area contributed by atoms with Crippen LogP contribution in [0.25, 0.3) is 10.9 Å². The van der Waals surface area contributed by atoms with Crippen molar-refractivity contribution in [3.63, 3.8) is 0 Å². The molecular weight excluding hydrogens is 372 g/mol. The van der Waals surface area contributed by atoms with Gasteiger partial charge >= 0.3 is 0 Å². The number of hydrogen-bond donors (Lipinski definition) is 1. The molecule has 29 heavy (non-hydrogen) atoms. The Morgan fingerprint density at radius 3 is 2.10 bits per heavy atom. The number of rotatable bonds is 7. The van der Waals surface area contributed by atoms with E-state index in [-0.39, 0.29) is 6.47 Å². The molecule has 0 spiro atoms. The van der Waals surface area contributed by atoms with E-state index in [0.717, 1.165) is 30.5 Å². The quantitative estimate of drug-likeness (QED) is 0.693. The van der Waals surface area contributed by atoms with Crippen LogP contribution in [0.2, 0.25) is 0 Å². The molecule has 1 aromatic carbocycles. The predicted molar refractivity (Wildman–Crippen MR) is 119 cm³/mol.